The average Bonchev–Trinajstić information content (AvgIpc) is 2.46. The van der Waals surface area contributed by atoms with Crippen LogP contribution in [0.15, 0.2) is 23.1 Å². The zero-order valence-electron chi connectivity index (χ0n) is 12.0. The number of nitrogens with two attached hydrogens (primary N) is 1. The van der Waals surface area contributed by atoms with Crippen molar-refractivity contribution in [1.29, 1.82) is 0 Å². The number of carbonyl (C=O) groups is 1. The van der Waals surface area contributed by atoms with E-state index in [2.05, 4.69) is 5.32 Å². The highest BCUT2D eigenvalue weighted by molar-refractivity contribution is 7.89. The zero-order valence-corrected chi connectivity index (χ0v) is 12.8. The molecule has 1 aliphatic heterocycles. The summed E-state index contributed by atoms with van der Waals surface area (Å²) in [6, 6.07) is 4.36. The zero-order chi connectivity index (χ0) is 15.5. The lowest BCUT2D eigenvalue weighted by Gasteiger charge is -2.23. The lowest BCUT2D eigenvalue weighted by Crippen LogP contribution is -2.41. The quantitative estimate of drug-likeness (QED) is 0.859. The lowest BCUT2D eigenvalue weighted by molar-refractivity contribution is 0.0623. The molecule has 1 heterocycles. The topological polar surface area (TPSA) is 98.5 Å². The lowest BCUT2D eigenvalue weighted by atomic mass is 10.0. The number of rotatable bonds is 4. The van der Waals surface area contributed by atoms with Crippen LogP contribution in [0.25, 0.3) is 0 Å². The molecule has 1 unspecified atom stereocenters. The van der Waals surface area contributed by atoms with Gasteiger partial charge in [0.2, 0.25) is 10.0 Å². The van der Waals surface area contributed by atoms with Crippen molar-refractivity contribution in [3.05, 3.63) is 29.3 Å². The molecule has 21 heavy (non-hydrogen) atoms. The SMILES string of the molecule is CCc1ccc(S(N)(=O)=O)cc1C(=O)NC1CCCOC1. The van der Waals surface area contributed by atoms with E-state index >= 15 is 0 Å². The predicted molar refractivity (Wildman–Crippen MR) is 78.5 cm³/mol. The van der Waals surface area contributed by atoms with Gasteiger partial charge in [0, 0.05) is 12.2 Å². The van der Waals surface area contributed by atoms with Gasteiger partial charge in [-0.15, -0.1) is 0 Å². The number of hydrogen-bond acceptors (Lipinski definition) is 4. The molecule has 1 amide bonds. The number of aryl methyl sites for hydroxylation is 1. The van der Waals surface area contributed by atoms with Gasteiger partial charge in [0.05, 0.1) is 17.5 Å². The van der Waals surface area contributed by atoms with Crippen molar-refractivity contribution >= 4 is 15.9 Å². The summed E-state index contributed by atoms with van der Waals surface area (Å²) in [6.07, 6.45) is 2.40. The van der Waals surface area contributed by atoms with Crippen LogP contribution in [0.1, 0.15) is 35.7 Å². The molecule has 1 aromatic rings. The van der Waals surface area contributed by atoms with Crippen molar-refractivity contribution in [2.24, 2.45) is 5.14 Å². The number of primary sulfonamides is 1. The van der Waals surface area contributed by atoms with E-state index in [9.17, 15) is 13.2 Å². The van der Waals surface area contributed by atoms with Crippen LogP contribution in [0.4, 0.5) is 0 Å². The fraction of sp³-hybridized carbons (Fsp3) is 0.500. The summed E-state index contributed by atoms with van der Waals surface area (Å²) in [5, 5.41) is 8.01. The molecular weight excluding hydrogens is 292 g/mol. The van der Waals surface area contributed by atoms with E-state index in [0.717, 1.165) is 18.4 Å². The molecule has 2 rings (SSSR count). The maximum atomic E-state index is 12.4. The summed E-state index contributed by atoms with van der Waals surface area (Å²) < 4.78 is 28.2. The summed E-state index contributed by atoms with van der Waals surface area (Å²) in [5.41, 5.74) is 1.14. The summed E-state index contributed by atoms with van der Waals surface area (Å²) >= 11 is 0. The molecule has 1 aromatic carbocycles. The van der Waals surface area contributed by atoms with Crippen LogP contribution >= 0.6 is 0 Å². The van der Waals surface area contributed by atoms with Crippen molar-refractivity contribution in [1.82, 2.24) is 5.32 Å². The van der Waals surface area contributed by atoms with Crippen LogP contribution in [0.3, 0.4) is 0 Å². The van der Waals surface area contributed by atoms with Crippen LogP contribution in [0.2, 0.25) is 0 Å². The molecule has 0 spiro atoms. The molecule has 6 nitrogen and oxygen atoms in total. The number of amides is 1. The molecule has 3 N–H and O–H groups in total. The Morgan fingerprint density at radius 3 is 2.81 bits per heavy atom. The third-order valence-electron chi connectivity index (χ3n) is 3.53. The van der Waals surface area contributed by atoms with Gasteiger partial charge in [-0.3, -0.25) is 4.79 Å². The summed E-state index contributed by atoms with van der Waals surface area (Å²) in [7, 11) is -3.82. The Morgan fingerprint density at radius 2 is 2.24 bits per heavy atom. The van der Waals surface area contributed by atoms with Crippen LogP contribution < -0.4 is 10.5 Å². The Morgan fingerprint density at radius 1 is 1.48 bits per heavy atom. The Labute approximate surface area is 124 Å². The van der Waals surface area contributed by atoms with Crippen molar-refractivity contribution in [2.75, 3.05) is 13.2 Å². The van der Waals surface area contributed by atoms with E-state index in [4.69, 9.17) is 9.88 Å². The smallest absolute Gasteiger partial charge is 0.251 e. The first-order valence-electron chi connectivity index (χ1n) is 6.96. The standard InChI is InChI=1S/C14H20N2O4S/c1-2-10-5-6-12(21(15,18)19)8-13(10)14(17)16-11-4-3-7-20-9-11/h5-6,8,11H,2-4,7,9H2,1H3,(H,16,17)(H2,15,18,19). The molecule has 1 atom stereocenters. The minimum Gasteiger partial charge on any atom is -0.379 e. The van der Waals surface area contributed by atoms with Crippen LogP contribution in [-0.4, -0.2) is 33.6 Å². The van der Waals surface area contributed by atoms with Gasteiger partial charge in [-0.05, 0) is 37.0 Å². The van der Waals surface area contributed by atoms with Gasteiger partial charge in [-0.25, -0.2) is 13.6 Å². The van der Waals surface area contributed by atoms with Gasteiger partial charge in [0.25, 0.3) is 5.91 Å². The monoisotopic (exact) mass is 312 g/mol. The van der Waals surface area contributed by atoms with Crippen LogP contribution in [0.5, 0.6) is 0 Å². The molecule has 1 fully saturated rings. The Balaban J connectivity index is 2.25. The molecular formula is C14H20N2O4S. The number of sulfonamides is 1. The van der Waals surface area contributed by atoms with Gasteiger partial charge in [0.1, 0.15) is 0 Å². The highest BCUT2D eigenvalue weighted by Crippen LogP contribution is 2.17. The van der Waals surface area contributed by atoms with Crippen molar-refractivity contribution in [3.8, 4) is 0 Å². The van der Waals surface area contributed by atoms with Gasteiger partial charge in [-0.2, -0.15) is 0 Å². The van der Waals surface area contributed by atoms with Gasteiger partial charge in [-0.1, -0.05) is 13.0 Å². The number of hydrogen-bond donors (Lipinski definition) is 2. The first kappa shape index (κ1) is 15.9. The summed E-state index contributed by atoms with van der Waals surface area (Å²) in [6.45, 7) is 3.11. The molecule has 0 bridgehead atoms. The van der Waals surface area contributed by atoms with E-state index in [1.807, 2.05) is 6.92 Å². The Bertz CT molecular complexity index is 622. The maximum Gasteiger partial charge on any atom is 0.251 e. The first-order chi connectivity index (χ1) is 9.91. The summed E-state index contributed by atoms with van der Waals surface area (Å²) in [4.78, 5) is 12.3. The van der Waals surface area contributed by atoms with E-state index in [-0.39, 0.29) is 16.8 Å². The fourth-order valence-electron chi connectivity index (χ4n) is 2.37. The van der Waals surface area contributed by atoms with E-state index in [1.54, 1.807) is 6.07 Å². The van der Waals surface area contributed by atoms with Crippen molar-refractivity contribution < 1.29 is 17.9 Å². The molecule has 0 aromatic heterocycles. The normalized spacial score (nSPS) is 19.2. The first-order valence-corrected chi connectivity index (χ1v) is 8.50. The molecule has 116 valence electrons. The molecule has 0 aliphatic carbocycles. The highest BCUT2D eigenvalue weighted by Gasteiger charge is 2.20. The summed E-state index contributed by atoms with van der Waals surface area (Å²) in [5.74, 6) is -0.284. The van der Waals surface area contributed by atoms with Crippen LogP contribution in [0, 0.1) is 0 Å². The minimum absolute atomic E-state index is 0.0332. The number of carbonyl (C=O) groups excluding carboxylic acids is 1. The third kappa shape index (κ3) is 4.03. The number of nitrogens with one attached hydrogen (secondary N) is 1. The number of ether oxygens (including phenoxy) is 1. The molecule has 1 aliphatic rings. The second-order valence-corrected chi connectivity index (χ2v) is 6.67. The second-order valence-electron chi connectivity index (χ2n) is 5.11. The molecule has 7 heteroatoms. The second kappa shape index (κ2) is 6.55. The highest BCUT2D eigenvalue weighted by atomic mass is 32.2. The minimum atomic E-state index is -3.82. The molecule has 0 saturated carbocycles. The molecule has 0 radical (unpaired) electrons. The Hall–Kier alpha value is -1.44. The fourth-order valence-corrected chi connectivity index (χ4v) is 2.91. The Kier molecular flexibility index (Phi) is 4.97. The van der Waals surface area contributed by atoms with Gasteiger partial charge in [0.15, 0.2) is 0 Å². The largest absolute Gasteiger partial charge is 0.379 e. The maximum absolute atomic E-state index is 12.4. The van der Waals surface area contributed by atoms with E-state index in [0.29, 0.717) is 25.2 Å². The van der Waals surface area contributed by atoms with Gasteiger partial charge >= 0.3 is 0 Å². The van der Waals surface area contributed by atoms with Crippen molar-refractivity contribution in [3.63, 3.8) is 0 Å². The van der Waals surface area contributed by atoms with E-state index in [1.165, 1.54) is 12.1 Å². The van der Waals surface area contributed by atoms with Crippen LogP contribution in [-0.2, 0) is 21.2 Å². The van der Waals surface area contributed by atoms with Crippen molar-refractivity contribution in [2.45, 2.75) is 37.1 Å². The van der Waals surface area contributed by atoms with E-state index < -0.39 is 10.0 Å². The van der Waals surface area contributed by atoms with Gasteiger partial charge < -0.3 is 10.1 Å². The predicted octanol–water partition coefficient (Wildman–Crippen LogP) is 0.805. The average molecular weight is 312 g/mol. The third-order valence-corrected chi connectivity index (χ3v) is 4.44. The molecule has 1 saturated heterocycles. The number of benzene rings is 1.